The Labute approximate surface area is 75.9 Å². The molecule has 0 heterocycles. The van der Waals surface area contributed by atoms with Gasteiger partial charge >= 0.3 is 10.3 Å². The number of anilines is 1. The molecule has 0 bridgehead atoms. The number of aliphatic hydroxyl groups excluding tert-OH is 1. The van der Waals surface area contributed by atoms with E-state index in [4.69, 9.17) is 9.66 Å². The molecule has 13 heavy (non-hydrogen) atoms. The van der Waals surface area contributed by atoms with Gasteiger partial charge in [-0.15, -0.1) is 0 Å². The Bertz CT molecular complexity index is 387. The van der Waals surface area contributed by atoms with E-state index in [-0.39, 0.29) is 12.3 Å². The standard InChI is InChI=1S/C7H9NO4S/c9-5-6-2-1-3-7(4-6)8-13(10,11)12/h1-4,8-9H,5H2,(H,10,11,12). The fourth-order valence-electron chi connectivity index (χ4n) is 0.882. The number of benzene rings is 1. The molecular formula is C7H9NO4S. The van der Waals surface area contributed by atoms with Crippen LogP contribution in [-0.4, -0.2) is 18.1 Å². The van der Waals surface area contributed by atoms with Crippen molar-refractivity contribution in [1.29, 1.82) is 0 Å². The monoisotopic (exact) mass is 203 g/mol. The summed E-state index contributed by atoms with van der Waals surface area (Å²) in [6, 6.07) is 6.09. The summed E-state index contributed by atoms with van der Waals surface area (Å²) in [5.74, 6) is 0. The summed E-state index contributed by atoms with van der Waals surface area (Å²) in [6.45, 7) is -0.180. The Morgan fingerprint density at radius 3 is 2.62 bits per heavy atom. The summed E-state index contributed by atoms with van der Waals surface area (Å²) >= 11 is 0. The van der Waals surface area contributed by atoms with Crippen molar-refractivity contribution in [2.45, 2.75) is 6.61 Å². The van der Waals surface area contributed by atoms with E-state index >= 15 is 0 Å². The first-order chi connectivity index (χ1) is 6.01. The lowest BCUT2D eigenvalue weighted by Crippen LogP contribution is -2.10. The molecule has 5 nitrogen and oxygen atoms in total. The van der Waals surface area contributed by atoms with Gasteiger partial charge in [0.25, 0.3) is 0 Å². The molecule has 0 atom stereocenters. The first kappa shape index (κ1) is 9.97. The second-order valence-electron chi connectivity index (χ2n) is 2.44. The Hall–Kier alpha value is -1.11. The molecule has 1 rings (SSSR count). The highest BCUT2D eigenvalue weighted by Gasteiger charge is 2.03. The largest absolute Gasteiger partial charge is 0.392 e. The predicted molar refractivity (Wildman–Crippen MR) is 47.5 cm³/mol. The summed E-state index contributed by atoms with van der Waals surface area (Å²) in [6.07, 6.45) is 0. The maximum absolute atomic E-state index is 10.4. The number of hydrogen-bond acceptors (Lipinski definition) is 3. The second kappa shape index (κ2) is 3.73. The Kier molecular flexibility index (Phi) is 2.86. The van der Waals surface area contributed by atoms with Crippen LogP contribution in [0.1, 0.15) is 5.56 Å². The van der Waals surface area contributed by atoms with E-state index in [1.807, 2.05) is 4.72 Å². The maximum Gasteiger partial charge on any atom is 0.357 e. The normalized spacial score (nSPS) is 11.2. The molecule has 1 aromatic rings. The zero-order valence-corrected chi connectivity index (χ0v) is 7.45. The van der Waals surface area contributed by atoms with Gasteiger partial charge in [-0.2, -0.15) is 8.42 Å². The van der Waals surface area contributed by atoms with Crippen LogP contribution < -0.4 is 4.72 Å². The van der Waals surface area contributed by atoms with E-state index in [9.17, 15) is 8.42 Å². The highest BCUT2D eigenvalue weighted by atomic mass is 32.2. The highest BCUT2D eigenvalue weighted by molar-refractivity contribution is 7.87. The molecule has 6 heteroatoms. The third kappa shape index (κ3) is 3.41. The van der Waals surface area contributed by atoms with Gasteiger partial charge < -0.3 is 5.11 Å². The summed E-state index contributed by atoms with van der Waals surface area (Å²) in [4.78, 5) is 0. The summed E-state index contributed by atoms with van der Waals surface area (Å²) < 4.78 is 31.1. The van der Waals surface area contributed by atoms with Gasteiger partial charge in [-0.25, -0.2) is 0 Å². The lowest BCUT2D eigenvalue weighted by Gasteiger charge is -2.03. The zero-order chi connectivity index (χ0) is 9.90. The zero-order valence-electron chi connectivity index (χ0n) is 6.64. The average Bonchev–Trinajstić information content (AvgIpc) is 2.01. The van der Waals surface area contributed by atoms with Gasteiger partial charge in [0.2, 0.25) is 0 Å². The van der Waals surface area contributed by atoms with Crippen molar-refractivity contribution in [1.82, 2.24) is 0 Å². The molecule has 0 aliphatic rings. The number of hydrogen-bond donors (Lipinski definition) is 3. The van der Waals surface area contributed by atoms with Crippen molar-refractivity contribution in [3.63, 3.8) is 0 Å². The van der Waals surface area contributed by atoms with Crippen molar-refractivity contribution < 1.29 is 18.1 Å². The first-order valence-corrected chi connectivity index (χ1v) is 4.90. The third-order valence-corrected chi connectivity index (χ3v) is 1.85. The quantitative estimate of drug-likeness (QED) is 0.620. The Morgan fingerprint density at radius 2 is 2.08 bits per heavy atom. The van der Waals surface area contributed by atoms with Crippen LogP contribution in [0.15, 0.2) is 24.3 Å². The van der Waals surface area contributed by atoms with E-state index in [2.05, 4.69) is 0 Å². The van der Waals surface area contributed by atoms with Gasteiger partial charge in [0.05, 0.1) is 12.3 Å². The van der Waals surface area contributed by atoms with Gasteiger partial charge in [-0.3, -0.25) is 9.27 Å². The van der Waals surface area contributed by atoms with E-state index in [0.29, 0.717) is 5.56 Å². The van der Waals surface area contributed by atoms with Crippen molar-refractivity contribution in [3.05, 3.63) is 29.8 Å². The average molecular weight is 203 g/mol. The topological polar surface area (TPSA) is 86.6 Å². The minimum Gasteiger partial charge on any atom is -0.392 e. The molecule has 3 N–H and O–H groups in total. The van der Waals surface area contributed by atoms with Crippen molar-refractivity contribution in [2.24, 2.45) is 0 Å². The van der Waals surface area contributed by atoms with Crippen LogP contribution in [0.3, 0.4) is 0 Å². The summed E-state index contributed by atoms with van der Waals surface area (Å²) in [7, 11) is -4.23. The number of nitrogens with one attached hydrogen (secondary N) is 1. The minimum absolute atomic E-state index is 0.180. The molecular weight excluding hydrogens is 194 g/mol. The van der Waals surface area contributed by atoms with Gasteiger partial charge in [0.1, 0.15) is 0 Å². The minimum atomic E-state index is -4.23. The SMILES string of the molecule is O=S(=O)(O)Nc1cccc(CO)c1. The summed E-state index contributed by atoms with van der Waals surface area (Å²) in [5, 5.41) is 8.72. The van der Waals surface area contributed by atoms with Gasteiger partial charge in [0.15, 0.2) is 0 Å². The summed E-state index contributed by atoms with van der Waals surface area (Å²) in [5.41, 5.74) is 0.780. The van der Waals surface area contributed by atoms with Crippen molar-refractivity contribution >= 4 is 16.0 Å². The van der Waals surface area contributed by atoms with E-state index in [0.717, 1.165) is 0 Å². The molecule has 0 radical (unpaired) electrons. The Morgan fingerprint density at radius 1 is 1.38 bits per heavy atom. The van der Waals surface area contributed by atoms with E-state index < -0.39 is 10.3 Å². The van der Waals surface area contributed by atoms with Crippen LogP contribution in [0.4, 0.5) is 5.69 Å². The van der Waals surface area contributed by atoms with E-state index in [1.54, 1.807) is 12.1 Å². The highest BCUT2D eigenvalue weighted by Crippen LogP contribution is 2.11. The molecule has 0 aromatic heterocycles. The van der Waals surface area contributed by atoms with Crippen LogP contribution in [0.25, 0.3) is 0 Å². The van der Waals surface area contributed by atoms with Crippen LogP contribution in [0.5, 0.6) is 0 Å². The molecule has 0 saturated heterocycles. The smallest absolute Gasteiger partial charge is 0.357 e. The van der Waals surface area contributed by atoms with Crippen molar-refractivity contribution in [2.75, 3.05) is 4.72 Å². The molecule has 0 aliphatic heterocycles. The Balaban J connectivity index is 2.90. The second-order valence-corrected chi connectivity index (χ2v) is 3.59. The van der Waals surface area contributed by atoms with Gasteiger partial charge in [0, 0.05) is 0 Å². The number of aliphatic hydroxyl groups is 1. The van der Waals surface area contributed by atoms with Crippen LogP contribution in [0.2, 0.25) is 0 Å². The van der Waals surface area contributed by atoms with Crippen LogP contribution in [-0.2, 0) is 16.9 Å². The maximum atomic E-state index is 10.4. The molecule has 0 saturated carbocycles. The van der Waals surface area contributed by atoms with Gasteiger partial charge in [-0.05, 0) is 17.7 Å². The predicted octanol–water partition coefficient (Wildman–Crippen LogP) is 0.394. The molecule has 1 aromatic carbocycles. The number of rotatable bonds is 3. The molecule has 0 spiro atoms. The fourth-order valence-corrected chi connectivity index (χ4v) is 1.31. The fraction of sp³-hybridized carbons (Fsp3) is 0.143. The van der Waals surface area contributed by atoms with Crippen LogP contribution in [0, 0.1) is 0 Å². The lowest BCUT2D eigenvalue weighted by atomic mass is 10.2. The van der Waals surface area contributed by atoms with E-state index in [1.165, 1.54) is 12.1 Å². The molecule has 0 amide bonds. The molecule has 0 fully saturated rings. The lowest BCUT2D eigenvalue weighted by molar-refractivity contribution is 0.282. The molecule has 0 aliphatic carbocycles. The van der Waals surface area contributed by atoms with Crippen LogP contribution >= 0.6 is 0 Å². The first-order valence-electron chi connectivity index (χ1n) is 3.46. The molecule has 0 unspecified atom stereocenters. The van der Waals surface area contributed by atoms with Crippen molar-refractivity contribution in [3.8, 4) is 0 Å². The molecule has 72 valence electrons. The van der Waals surface area contributed by atoms with Gasteiger partial charge in [-0.1, -0.05) is 12.1 Å². The third-order valence-electron chi connectivity index (χ3n) is 1.36.